The van der Waals surface area contributed by atoms with Gasteiger partial charge in [-0.25, -0.2) is 4.99 Å². The predicted octanol–water partition coefficient (Wildman–Crippen LogP) is 4.32. The number of rotatable bonds is 5. The Balaban J connectivity index is 1.88. The summed E-state index contributed by atoms with van der Waals surface area (Å²) in [6, 6.07) is 13.8. The molecule has 0 spiro atoms. The van der Waals surface area contributed by atoms with Crippen LogP contribution in [0.5, 0.6) is 11.5 Å². The van der Waals surface area contributed by atoms with Crippen molar-refractivity contribution in [3.63, 3.8) is 0 Å². The van der Waals surface area contributed by atoms with E-state index in [0.29, 0.717) is 17.4 Å². The quantitative estimate of drug-likeness (QED) is 0.661. The Morgan fingerprint density at radius 2 is 1.80 bits per heavy atom. The lowest BCUT2D eigenvalue weighted by atomic mass is 9.82. The molecule has 1 atom stereocenters. The average Bonchev–Trinajstić information content (AvgIpc) is 3.17. The number of nitrogens with zero attached hydrogens (tertiary/aromatic N) is 2. The molecule has 154 valence electrons. The summed E-state index contributed by atoms with van der Waals surface area (Å²) < 4.78 is 16.3. The van der Waals surface area contributed by atoms with Crippen molar-refractivity contribution in [2.75, 3.05) is 20.8 Å². The maximum absolute atomic E-state index is 6.54. The van der Waals surface area contributed by atoms with E-state index in [9.17, 15) is 0 Å². The van der Waals surface area contributed by atoms with Crippen molar-refractivity contribution in [2.24, 2.45) is 10.7 Å². The zero-order chi connectivity index (χ0) is 21.3. The molecule has 2 N–H and O–H groups in total. The van der Waals surface area contributed by atoms with Crippen LogP contribution in [-0.2, 0) is 10.3 Å². The molecule has 2 aromatic carbocycles. The van der Waals surface area contributed by atoms with Crippen LogP contribution in [0.4, 0.5) is 0 Å². The molecule has 30 heavy (non-hydrogen) atoms. The van der Waals surface area contributed by atoms with Gasteiger partial charge in [-0.3, -0.25) is 4.98 Å². The highest BCUT2D eigenvalue weighted by Gasteiger charge is 2.40. The van der Waals surface area contributed by atoms with E-state index in [0.717, 1.165) is 33.6 Å². The van der Waals surface area contributed by atoms with Gasteiger partial charge in [0.2, 0.25) is 0 Å². The van der Waals surface area contributed by atoms with E-state index < -0.39 is 5.54 Å². The first kappa shape index (κ1) is 20.0. The minimum absolute atomic E-state index is 0.156. The second-order valence-electron chi connectivity index (χ2n) is 7.09. The number of hydrogen-bond donors (Lipinski definition) is 1. The van der Waals surface area contributed by atoms with E-state index in [-0.39, 0.29) is 6.02 Å². The number of halogens is 1. The number of amidine groups is 1. The van der Waals surface area contributed by atoms with Gasteiger partial charge in [-0.2, -0.15) is 0 Å². The Kier molecular flexibility index (Phi) is 5.26. The summed E-state index contributed by atoms with van der Waals surface area (Å²) in [5, 5.41) is 0.603. The predicted molar refractivity (Wildman–Crippen MR) is 117 cm³/mol. The Labute approximate surface area is 180 Å². The van der Waals surface area contributed by atoms with Crippen molar-refractivity contribution in [3.05, 3.63) is 76.6 Å². The molecule has 0 aliphatic carbocycles. The number of hydrogen-bond acceptors (Lipinski definition) is 6. The van der Waals surface area contributed by atoms with Crippen molar-refractivity contribution >= 4 is 17.6 Å². The van der Waals surface area contributed by atoms with Crippen LogP contribution in [0.1, 0.15) is 16.7 Å². The highest BCUT2D eigenvalue weighted by Crippen LogP contribution is 2.42. The normalized spacial score (nSPS) is 17.9. The third-order valence-corrected chi connectivity index (χ3v) is 5.64. The van der Waals surface area contributed by atoms with Crippen molar-refractivity contribution < 1.29 is 14.2 Å². The van der Waals surface area contributed by atoms with E-state index in [4.69, 9.17) is 36.5 Å². The number of ether oxygens (including phenoxy) is 3. The van der Waals surface area contributed by atoms with Gasteiger partial charge >= 0.3 is 0 Å². The smallest absolute Gasteiger partial charge is 0.283 e. The fraction of sp³-hybridized carbons (Fsp3) is 0.217. The summed E-state index contributed by atoms with van der Waals surface area (Å²) in [6.07, 6.45) is 3.40. The number of pyridine rings is 1. The van der Waals surface area contributed by atoms with Gasteiger partial charge in [0.1, 0.15) is 18.1 Å². The number of methoxy groups -OCH3 is 2. The van der Waals surface area contributed by atoms with E-state index >= 15 is 0 Å². The van der Waals surface area contributed by atoms with E-state index in [1.165, 1.54) is 0 Å². The highest BCUT2D eigenvalue weighted by atomic mass is 35.5. The summed E-state index contributed by atoms with van der Waals surface area (Å²) in [6.45, 7) is 2.29. The Morgan fingerprint density at radius 1 is 1.03 bits per heavy atom. The zero-order valence-electron chi connectivity index (χ0n) is 17.0. The van der Waals surface area contributed by atoms with Crippen LogP contribution in [0.25, 0.3) is 11.1 Å². The van der Waals surface area contributed by atoms with Crippen LogP contribution in [0.3, 0.4) is 0 Å². The summed E-state index contributed by atoms with van der Waals surface area (Å²) in [4.78, 5) is 8.95. The first-order chi connectivity index (χ1) is 14.5. The molecule has 0 saturated heterocycles. The molecule has 1 aromatic heterocycles. The van der Waals surface area contributed by atoms with Gasteiger partial charge in [0.15, 0.2) is 5.54 Å². The van der Waals surface area contributed by atoms with Gasteiger partial charge in [0.05, 0.1) is 20.4 Å². The van der Waals surface area contributed by atoms with Gasteiger partial charge in [0.25, 0.3) is 6.02 Å². The average molecular weight is 424 g/mol. The van der Waals surface area contributed by atoms with Gasteiger partial charge in [0, 0.05) is 22.3 Å². The van der Waals surface area contributed by atoms with Gasteiger partial charge in [-0.05, 0) is 53.9 Å². The molecule has 1 unspecified atom stereocenters. The first-order valence-corrected chi connectivity index (χ1v) is 9.77. The van der Waals surface area contributed by atoms with Gasteiger partial charge < -0.3 is 19.9 Å². The van der Waals surface area contributed by atoms with Crippen molar-refractivity contribution in [2.45, 2.75) is 12.5 Å². The van der Waals surface area contributed by atoms with Crippen LogP contribution in [0.15, 0.2) is 59.9 Å². The molecule has 4 rings (SSSR count). The molecule has 0 saturated carbocycles. The van der Waals surface area contributed by atoms with Gasteiger partial charge in [-0.1, -0.05) is 23.7 Å². The number of benzene rings is 2. The molecule has 1 aliphatic rings. The minimum atomic E-state index is -0.785. The van der Waals surface area contributed by atoms with Crippen LogP contribution in [0, 0.1) is 6.92 Å². The lowest BCUT2D eigenvalue weighted by Crippen LogP contribution is -2.27. The van der Waals surface area contributed by atoms with Crippen LogP contribution < -0.4 is 15.2 Å². The SMILES string of the molecule is COc1cncc(-c2cc(C3(c4ccc(OC)c(C)c4)COC(N)=N3)ccc2Cl)c1. The third kappa shape index (κ3) is 3.44. The number of nitrogens with two attached hydrogens (primary N) is 1. The second-order valence-corrected chi connectivity index (χ2v) is 7.50. The largest absolute Gasteiger partial charge is 0.496 e. The first-order valence-electron chi connectivity index (χ1n) is 9.39. The number of aryl methyl sites for hydroxylation is 1. The van der Waals surface area contributed by atoms with Crippen molar-refractivity contribution in [1.29, 1.82) is 0 Å². The molecular formula is C23H22ClN3O3. The molecule has 2 heterocycles. The van der Waals surface area contributed by atoms with Crippen molar-refractivity contribution in [1.82, 2.24) is 4.98 Å². The fourth-order valence-corrected chi connectivity index (χ4v) is 3.94. The zero-order valence-corrected chi connectivity index (χ0v) is 17.7. The Bertz CT molecular complexity index is 1130. The lowest BCUT2D eigenvalue weighted by Gasteiger charge is -2.27. The topological polar surface area (TPSA) is 79.0 Å². The Morgan fingerprint density at radius 3 is 2.47 bits per heavy atom. The molecule has 0 fully saturated rings. The van der Waals surface area contributed by atoms with Crippen molar-refractivity contribution in [3.8, 4) is 22.6 Å². The second kappa shape index (κ2) is 7.88. The summed E-state index contributed by atoms with van der Waals surface area (Å²) in [7, 11) is 3.26. The Hall–Kier alpha value is -3.25. The monoisotopic (exact) mass is 423 g/mol. The standard InChI is InChI=1S/C23H22ClN3O3/c1-14-8-16(5-7-21(14)29-3)23(13-30-22(25)27-23)17-4-6-20(24)19(10-17)15-9-18(28-2)12-26-11-15/h4-12H,13H2,1-3H3,(H2,25,27). The fourth-order valence-electron chi connectivity index (χ4n) is 3.71. The number of aliphatic imine (C=N–C) groups is 1. The number of aromatic nitrogens is 1. The van der Waals surface area contributed by atoms with E-state index in [1.54, 1.807) is 26.6 Å². The molecule has 7 heteroatoms. The maximum Gasteiger partial charge on any atom is 0.283 e. The minimum Gasteiger partial charge on any atom is -0.496 e. The van der Waals surface area contributed by atoms with Crippen LogP contribution in [-0.4, -0.2) is 31.8 Å². The van der Waals surface area contributed by atoms with E-state index in [1.807, 2.05) is 49.4 Å². The molecule has 0 amide bonds. The highest BCUT2D eigenvalue weighted by molar-refractivity contribution is 6.33. The summed E-state index contributed by atoms with van der Waals surface area (Å²) in [5.41, 5.74) is 9.70. The third-order valence-electron chi connectivity index (χ3n) is 5.31. The van der Waals surface area contributed by atoms with E-state index in [2.05, 4.69) is 4.98 Å². The molecule has 6 nitrogen and oxygen atoms in total. The van der Waals surface area contributed by atoms with Crippen LogP contribution >= 0.6 is 11.6 Å². The molecule has 1 aliphatic heterocycles. The molecule has 0 bridgehead atoms. The summed E-state index contributed by atoms with van der Waals surface area (Å²) in [5.74, 6) is 1.46. The van der Waals surface area contributed by atoms with Crippen LogP contribution in [0.2, 0.25) is 5.02 Å². The summed E-state index contributed by atoms with van der Waals surface area (Å²) >= 11 is 6.54. The lowest BCUT2D eigenvalue weighted by molar-refractivity contribution is 0.278. The van der Waals surface area contributed by atoms with Gasteiger partial charge in [-0.15, -0.1) is 0 Å². The molecular weight excluding hydrogens is 402 g/mol. The molecule has 3 aromatic rings. The maximum atomic E-state index is 6.54. The molecule has 0 radical (unpaired) electrons.